The Kier molecular flexibility index (Phi) is 4.39. The topological polar surface area (TPSA) is 60.2 Å². The number of thioether (sulfide) groups is 1. The van der Waals surface area contributed by atoms with E-state index in [4.69, 9.17) is 5.14 Å². The molecule has 96 valence electrons. The maximum absolute atomic E-state index is 11.2. The summed E-state index contributed by atoms with van der Waals surface area (Å²) in [5.74, 6) is 0. The third-order valence-electron chi connectivity index (χ3n) is 2.11. The van der Waals surface area contributed by atoms with Crippen molar-refractivity contribution in [2.45, 2.75) is 18.2 Å². The van der Waals surface area contributed by atoms with Crippen LogP contribution in [0.25, 0.3) is 0 Å². The minimum atomic E-state index is -3.58. The Labute approximate surface area is 119 Å². The first-order valence-electron chi connectivity index (χ1n) is 4.93. The van der Waals surface area contributed by atoms with Gasteiger partial charge in [0, 0.05) is 9.79 Å². The molecule has 0 fully saturated rings. The second-order valence-corrected chi connectivity index (χ2v) is 8.52. The third-order valence-corrected chi connectivity index (χ3v) is 6.52. The highest BCUT2D eigenvalue weighted by molar-refractivity contribution is 8.01. The van der Waals surface area contributed by atoms with Crippen molar-refractivity contribution in [1.82, 2.24) is 0 Å². The van der Waals surface area contributed by atoms with Gasteiger partial charge in [0.15, 0.2) is 0 Å². The zero-order valence-corrected chi connectivity index (χ0v) is 12.8. The lowest BCUT2D eigenvalue weighted by atomic mass is 10.4. The maximum Gasteiger partial charge on any atom is 0.247 e. The van der Waals surface area contributed by atoms with Crippen molar-refractivity contribution in [2.24, 2.45) is 5.14 Å². The molecule has 0 amide bonds. The number of sulfonamides is 1. The molecule has 0 unspecified atom stereocenters. The molecular formula is C11H11NO2S4. The Bertz CT molecular complexity index is 631. The Balaban J connectivity index is 2.16. The Morgan fingerprint density at radius 1 is 1.06 bits per heavy atom. The molecule has 7 heteroatoms. The molecule has 0 aliphatic carbocycles. The Morgan fingerprint density at radius 3 is 2.17 bits per heavy atom. The Hall–Kier alpha value is -0.470. The van der Waals surface area contributed by atoms with Crippen LogP contribution in [0.4, 0.5) is 0 Å². The quantitative estimate of drug-likeness (QED) is 0.879. The number of nitrogens with two attached hydrogens (primary N) is 1. The van der Waals surface area contributed by atoms with Crippen LogP contribution in [0.2, 0.25) is 0 Å². The summed E-state index contributed by atoms with van der Waals surface area (Å²) in [5.41, 5.74) is 0. The van der Waals surface area contributed by atoms with E-state index >= 15 is 0 Å². The zero-order valence-electron chi connectivity index (χ0n) is 9.49. The highest BCUT2D eigenvalue weighted by Gasteiger charge is 2.11. The van der Waals surface area contributed by atoms with Crippen LogP contribution in [0.3, 0.4) is 0 Å². The van der Waals surface area contributed by atoms with Crippen molar-refractivity contribution in [2.75, 3.05) is 6.26 Å². The second kappa shape index (κ2) is 5.66. The van der Waals surface area contributed by atoms with E-state index in [0.29, 0.717) is 0 Å². The molecule has 1 heterocycles. The summed E-state index contributed by atoms with van der Waals surface area (Å²) in [4.78, 5) is 2.28. The average Bonchev–Trinajstić information content (AvgIpc) is 2.78. The van der Waals surface area contributed by atoms with Crippen molar-refractivity contribution < 1.29 is 8.42 Å². The molecule has 2 aromatic rings. The van der Waals surface area contributed by atoms with Crippen molar-refractivity contribution in [3.63, 3.8) is 0 Å². The fraction of sp³-hybridized carbons (Fsp3) is 0.0909. The summed E-state index contributed by atoms with van der Waals surface area (Å²) < 4.78 is 23.4. The number of thiophene rings is 1. The summed E-state index contributed by atoms with van der Waals surface area (Å²) in [6.07, 6.45) is 2.03. The van der Waals surface area contributed by atoms with Gasteiger partial charge in [-0.2, -0.15) is 0 Å². The minimum Gasteiger partial charge on any atom is -0.224 e. The molecule has 2 N–H and O–H groups in total. The molecule has 0 saturated carbocycles. The average molecular weight is 317 g/mol. The molecule has 1 aromatic heterocycles. The lowest BCUT2D eigenvalue weighted by molar-refractivity contribution is 0.600. The number of rotatable bonds is 4. The highest BCUT2D eigenvalue weighted by atomic mass is 32.3. The van der Waals surface area contributed by atoms with Gasteiger partial charge in [0.1, 0.15) is 4.21 Å². The van der Waals surface area contributed by atoms with Gasteiger partial charge in [0.2, 0.25) is 10.0 Å². The van der Waals surface area contributed by atoms with E-state index in [1.54, 1.807) is 23.9 Å². The van der Waals surface area contributed by atoms with Gasteiger partial charge in [-0.3, -0.25) is 0 Å². The SMILES string of the molecule is CSc1ccc(Sc2ccc(S(N)(=O)=O)s2)cc1. The fourth-order valence-corrected chi connectivity index (χ4v) is 4.66. The normalized spacial score (nSPS) is 11.7. The van der Waals surface area contributed by atoms with Gasteiger partial charge in [0.25, 0.3) is 0 Å². The molecule has 1 aromatic carbocycles. The molecule has 0 spiro atoms. The van der Waals surface area contributed by atoms with E-state index in [-0.39, 0.29) is 4.21 Å². The number of primary sulfonamides is 1. The molecule has 0 bridgehead atoms. The van der Waals surface area contributed by atoms with Crippen LogP contribution in [0, 0.1) is 0 Å². The van der Waals surface area contributed by atoms with E-state index in [1.807, 2.05) is 30.5 Å². The monoisotopic (exact) mass is 317 g/mol. The molecule has 0 aliphatic rings. The molecule has 0 saturated heterocycles. The van der Waals surface area contributed by atoms with Gasteiger partial charge in [-0.1, -0.05) is 11.8 Å². The van der Waals surface area contributed by atoms with Crippen molar-refractivity contribution >= 4 is 44.9 Å². The molecule has 2 rings (SSSR count). The van der Waals surface area contributed by atoms with Crippen LogP contribution in [0.1, 0.15) is 0 Å². The first-order valence-corrected chi connectivity index (χ1v) is 9.34. The van der Waals surface area contributed by atoms with Crippen molar-refractivity contribution in [1.29, 1.82) is 0 Å². The van der Waals surface area contributed by atoms with Crippen LogP contribution in [-0.4, -0.2) is 14.7 Å². The van der Waals surface area contributed by atoms with Crippen molar-refractivity contribution in [3.8, 4) is 0 Å². The molecule has 0 aliphatic heterocycles. The lowest BCUT2D eigenvalue weighted by Gasteiger charge is -2.00. The van der Waals surface area contributed by atoms with E-state index in [2.05, 4.69) is 0 Å². The molecule has 0 radical (unpaired) electrons. The van der Waals surface area contributed by atoms with Crippen LogP contribution in [0.5, 0.6) is 0 Å². The number of hydrogen-bond acceptors (Lipinski definition) is 5. The standard InChI is InChI=1S/C11H11NO2S4/c1-15-8-2-4-9(5-3-8)16-10-6-7-11(17-10)18(12,13)14/h2-7H,1H3,(H2,12,13,14). The second-order valence-electron chi connectivity index (χ2n) is 3.40. The van der Waals surface area contributed by atoms with Gasteiger partial charge in [0.05, 0.1) is 4.21 Å². The van der Waals surface area contributed by atoms with Gasteiger partial charge >= 0.3 is 0 Å². The smallest absolute Gasteiger partial charge is 0.224 e. The molecule has 3 nitrogen and oxygen atoms in total. The van der Waals surface area contributed by atoms with E-state index in [9.17, 15) is 8.42 Å². The van der Waals surface area contributed by atoms with Crippen LogP contribution < -0.4 is 5.14 Å². The predicted molar refractivity (Wildman–Crippen MR) is 78.0 cm³/mol. The van der Waals surface area contributed by atoms with Crippen LogP contribution >= 0.6 is 34.9 Å². The number of hydrogen-bond donors (Lipinski definition) is 1. The maximum atomic E-state index is 11.2. The van der Waals surface area contributed by atoms with Gasteiger partial charge in [-0.15, -0.1) is 23.1 Å². The molecule has 0 atom stereocenters. The van der Waals surface area contributed by atoms with Crippen LogP contribution in [-0.2, 0) is 10.0 Å². The van der Waals surface area contributed by atoms with Gasteiger partial charge < -0.3 is 0 Å². The predicted octanol–water partition coefficient (Wildman–Crippen LogP) is 3.27. The van der Waals surface area contributed by atoms with Crippen molar-refractivity contribution in [3.05, 3.63) is 36.4 Å². The van der Waals surface area contributed by atoms with Gasteiger partial charge in [-0.25, -0.2) is 13.6 Å². The summed E-state index contributed by atoms with van der Waals surface area (Å²) >= 11 is 4.41. The first kappa shape index (κ1) is 14.0. The number of benzene rings is 1. The van der Waals surface area contributed by atoms with E-state index in [1.165, 1.54) is 28.0 Å². The van der Waals surface area contributed by atoms with E-state index < -0.39 is 10.0 Å². The summed E-state index contributed by atoms with van der Waals surface area (Å²) in [6, 6.07) is 11.4. The van der Waals surface area contributed by atoms with Crippen LogP contribution in [0.15, 0.2) is 54.6 Å². The first-order chi connectivity index (χ1) is 8.49. The summed E-state index contributed by atoms with van der Waals surface area (Å²) in [5, 5.41) is 5.07. The zero-order chi connectivity index (χ0) is 13.2. The highest BCUT2D eigenvalue weighted by Crippen LogP contribution is 2.35. The minimum absolute atomic E-state index is 0.200. The fourth-order valence-electron chi connectivity index (χ4n) is 1.27. The third kappa shape index (κ3) is 3.52. The Morgan fingerprint density at radius 2 is 1.67 bits per heavy atom. The largest absolute Gasteiger partial charge is 0.247 e. The van der Waals surface area contributed by atoms with Gasteiger partial charge in [-0.05, 0) is 42.7 Å². The van der Waals surface area contributed by atoms with E-state index in [0.717, 1.165) is 9.10 Å². The summed E-state index contributed by atoms with van der Waals surface area (Å²) in [7, 11) is -3.58. The molecular weight excluding hydrogens is 306 g/mol. The summed E-state index contributed by atoms with van der Waals surface area (Å²) in [6.45, 7) is 0. The lowest BCUT2D eigenvalue weighted by Crippen LogP contribution is -2.09. The molecule has 18 heavy (non-hydrogen) atoms.